The number of nitrogens with one attached hydrogen (secondary N) is 3. The molecular formula is C20H40N6O7. The monoisotopic (exact) mass is 476 g/mol. The van der Waals surface area contributed by atoms with Crippen LogP contribution in [0.4, 0.5) is 0 Å². The van der Waals surface area contributed by atoms with E-state index in [9.17, 15) is 34.5 Å². The van der Waals surface area contributed by atoms with Gasteiger partial charge in [0.2, 0.25) is 17.7 Å². The molecule has 0 aromatic heterocycles. The van der Waals surface area contributed by atoms with Gasteiger partial charge in [-0.3, -0.25) is 14.4 Å². The minimum atomic E-state index is -1.52. The lowest BCUT2D eigenvalue weighted by molar-refractivity contribution is -0.143. The van der Waals surface area contributed by atoms with Gasteiger partial charge in [0, 0.05) is 0 Å². The zero-order chi connectivity index (χ0) is 25.6. The Morgan fingerprint density at radius 1 is 0.727 bits per heavy atom. The second-order valence-electron chi connectivity index (χ2n) is 8.03. The van der Waals surface area contributed by atoms with Crippen molar-refractivity contribution in [3.8, 4) is 0 Å². The minimum absolute atomic E-state index is 0.118. The van der Waals surface area contributed by atoms with Gasteiger partial charge in [-0.2, -0.15) is 0 Å². The molecular weight excluding hydrogens is 436 g/mol. The maximum absolute atomic E-state index is 12.7. The number of hydrogen-bond acceptors (Lipinski definition) is 9. The van der Waals surface area contributed by atoms with Crippen molar-refractivity contribution in [2.45, 2.75) is 88.7 Å². The van der Waals surface area contributed by atoms with Crippen LogP contribution < -0.4 is 33.2 Å². The van der Waals surface area contributed by atoms with Gasteiger partial charge in [-0.05, 0) is 59.0 Å². The molecule has 0 bridgehead atoms. The van der Waals surface area contributed by atoms with Crippen LogP contribution in [-0.4, -0.2) is 88.5 Å². The van der Waals surface area contributed by atoms with E-state index < -0.39 is 60.1 Å². The summed E-state index contributed by atoms with van der Waals surface area (Å²) in [6.45, 7) is 3.32. The number of unbranched alkanes of at least 4 members (excludes halogenated alkanes) is 2. The number of aliphatic hydroxyl groups is 2. The van der Waals surface area contributed by atoms with Crippen molar-refractivity contribution >= 4 is 23.7 Å². The second-order valence-corrected chi connectivity index (χ2v) is 8.03. The van der Waals surface area contributed by atoms with Gasteiger partial charge in [-0.15, -0.1) is 0 Å². The Morgan fingerprint density at radius 3 is 1.58 bits per heavy atom. The van der Waals surface area contributed by atoms with Crippen molar-refractivity contribution in [2.75, 3.05) is 13.1 Å². The number of aliphatic hydroxyl groups excluding tert-OH is 2. The highest BCUT2D eigenvalue weighted by Crippen LogP contribution is 2.05. The molecule has 0 aromatic carbocycles. The van der Waals surface area contributed by atoms with Crippen molar-refractivity contribution in [3.63, 3.8) is 0 Å². The van der Waals surface area contributed by atoms with Crippen molar-refractivity contribution < 1.29 is 34.5 Å². The first-order chi connectivity index (χ1) is 15.5. The lowest BCUT2D eigenvalue weighted by Gasteiger charge is -2.27. The highest BCUT2D eigenvalue weighted by atomic mass is 16.4. The molecule has 0 unspecified atom stereocenters. The van der Waals surface area contributed by atoms with Crippen LogP contribution in [0.15, 0.2) is 0 Å². The number of hydrogen-bond donors (Lipinski definition) is 9. The van der Waals surface area contributed by atoms with E-state index in [0.29, 0.717) is 45.2 Å². The Bertz CT molecular complexity index is 632. The predicted octanol–water partition coefficient (Wildman–Crippen LogP) is -3.13. The van der Waals surface area contributed by atoms with Crippen LogP contribution in [0.25, 0.3) is 0 Å². The summed E-state index contributed by atoms with van der Waals surface area (Å²) in [5, 5.41) is 36.2. The summed E-state index contributed by atoms with van der Waals surface area (Å²) in [6, 6.07) is -5.13. The molecule has 12 N–H and O–H groups in total. The predicted molar refractivity (Wildman–Crippen MR) is 121 cm³/mol. The fourth-order valence-electron chi connectivity index (χ4n) is 2.97. The smallest absolute Gasteiger partial charge is 0.326 e. The molecule has 0 saturated carbocycles. The Kier molecular flexibility index (Phi) is 15.2. The summed E-state index contributed by atoms with van der Waals surface area (Å²) >= 11 is 0. The van der Waals surface area contributed by atoms with E-state index in [4.69, 9.17) is 17.2 Å². The first-order valence-electron chi connectivity index (χ1n) is 11.1. The molecule has 0 aromatic rings. The van der Waals surface area contributed by atoms with Gasteiger partial charge in [0.15, 0.2) is 0 Å². The first kappa shape index (κ1) is 30.7. The SMILES string of the molecule is C[C@@H](O)[C@H](NC(=O)[C@@H](NC(=O)[C@@H](N)CCCCN)[C@@H](C)O)C(=O)N[C@@H](CCCCN)C(=O)O. The first-order valence-corrected chi connectivity index (χ1v) is 11.1. The third-order valence-corrected chi connectivity index (χ3v) is 4.99. The van der Waals surface area contributed by atoms with Crippen molar-refractivity contribution in [1.29, 1.82) is 0 Å². The van der Waals surface area contributed by atoms with Crippen molar-refractivity contribution in [1.82, 2.24) is 16.0 Å². The molecule has 0 fully saturated rings. The average molecular weight is 477 g/mol. The van der Waals surface area contributed by atoms with Crippen LogP contribution in [-0.2, 0) is 19.2 Å². The molecule has 3 amide bonds. The molecule has 0 saturated heterocycles. The van der Waals surface area contributed by atoms with E-state index in [1.165, 1.54) is 13.8 Å². The van der Waals surface area contributed by atoms with Crippen molar-refractivity contribution in [3.05, 3.63) is 0 Å². The van der Waals surface area contributed by atoms with E-state index in [1.807, 2.05) is 0 Å². The molecule has 13 heteroatoms. The summed E-state index contributed by atoms with van der Waals surface area (Å²) in [4.78, 5) is 49.0. The van der Waals surface area contributed by atoms with Crippen LogP contribution in [0.3, 0.4) is 0 Å². The van der Waals surface area contributed by atoms with Gasteiger partial charge >= 0.3 is 5.97 Å². The van der Waals surface area contributed by atoms with Gasteiger partial charge in [-0.1, -0.05) is 6.42 Å². The molecule has 0 radical (unpaired) electrons. The van der Waals surface area contributed by atoms with E-state index in [2.05, 4.69) is 16.0 Å². The quantitative estimate of drug-likeness (QED) is 0.0955. The van der Waals surface area contributed by atoms with Crippen LogP contribution in [0.5, 0.6) is 0 Å². The number of amides is 3. The number of carbonyl (C=O) groups excluding carboxylic acids is 3. The number of aliphatic carboxylic acids is 1. The van der Waals surface area contributed by atoms with E-state index in [1.54, 1.807) is 0 Å². The van der Waals surface area contributed by atoms with E-state index in [-0.39, 0.29) is 6.42 Å². The van der Waals surface area contributed by atoms with Gasteiger partial charge in [-0.25, -0.2) is 4.79 Å². The molecule has 0 aliphatic heterocycles. The van der Waals surface area contributed by atoms with Gasteiger partial charge in [0.25, 0.3) is 0 Å². The summed E-state index contributed by atoms with van der Waals surface area (Å²) in [5.41, 5.74) is 16.6. The van der Waals surface area contributed by atoms with Crippen LogP contribution in [0.2, 0.25) is 0 Å². The fourth-order valence-corrected chi connectivity index (χ4v) is 2.97. The normalized spacial score (nSPS) is 16.6. The number of carbonyl (C=O) groups is 4. The van der Waals surface area contributed by atoms with Crippen LogP contribution in [0.1, 0.15) is 52.4 Å². The Labute approximate surface area is 193 Å². The summed E-state index contributed by atoms with van der Waals surface area (Å²) in [6.07, 6.45) is 0.0281. The molecule has 0 heterocycles. The highest BCUT2D eigenvalue weighted by Gasteiger charge is 2.34. The molecule has 0 aliphatic carbocycles. The third-order valence-electron chi connectivity index (χ3n) is 4.99. The van der Waals surface area contributed by atoms with Gasteiger partial charge in [0.05, 0.1) is 18.2 Å². The Morgan fingerprint density at radius 2 is 1.15 bits per heavy atom. The zero-order valence-electron chi connectivity index (χ0n) is 19.3. The van der Waals surface area contributed by atoms with Gasteiger partial charge < -0.3 is 48.5 Å². The largest absolute Gasteiger partial charge is 0.480 e. The molecule has 33 heavy (non-hydrogen) atoms. The average Bonchev–Trinajstić information content (AvgIpc) is 2.74. The summed E-state index contributed by atoms with van der Waals surface area (Å²) < 4.78 is 0. The molecule has 6 atom stereocenters. The molecule has 0 rings (SSSR count). The summed E-state index contributed by atoms with van der Waals surface area (Å²) in [5.74, 6) is -3.80. The summed E-state index contributed by atoms with van der Waals surface area (Å²) in [7, 11) is 0. The van der Waals surface area contributed by atoms with Crippen LogP contribution >= 0.6 is 0 Å². The maximum atomic E-state index is 12.7. The van der Waals surface area contributed by atoms with E-state index in [0.717, 1.165) is 0 Å². The number of nitrogens with two attached hydrogens (primary N) is 3. The van der Waals surface area contributed by atoms with Gasteiger partial charge in [0.1, 0.15) is 18.1 Å². The number of carboxylic acid groups (broad SMARTS) is 1. The molecule has 0 spiro atoms. The lowest BCUT2D eigenvalue weighted by Crippen LogP contribution is -2.61. The molecule has 13 nitrogen and oxygen atoms in total. The maximum Gasteiger partial charge on any atom is 0.326 e. The molecule has 0 aliphatic rings. The highest BCUT2D eigenvalue weighted by molar-refractivity contribution is 5.94. The standard InChI is InChI=1S/C20H40N6O7/c1-11(27)15(18(30)24-14(20(32)33)8-4-6-10-22)26-19(31)16(12(2)28)25-17(29)13(23)7-3-5-9-21/h11-16,27-28H,3-10,21-23H2,1-2H3,(H,24,30)(H,25,29)(H,26,31)(H,32,33)/t11-,12-,13+,14+,15+,16+/m1/s1. The second kappa shape index (κ2) is 16.3. The fraction of sp³-hybridized carbons (Fsp3) is 0.800. The third kappa shape index (κ3) is 11.9. The lowest BCUT2D eigenvalue weighted by atomic mass is 10.1. The number of carboxylic acids is 1. The zero-order valence-corrected chi connectivity index (χ0v) is 19.3. The molecule has 192 valence electrons. The topological polar surface area (TPSA) is 243 Å². The minimum Gasteiger partial charge on any atom is -0.480 e. The Hall–Kier alpha value is -2.32. The number of rotatable bonds is 17. The van der Waals surface area contributed by atoms with Crippen molar-refractivity contribution in [2.24, 2.45) is 17.2 Å². The Balaban J connectivity index is 5.21. The van der Waals surface area contributed by atoms with E-state index >= 15 is 0 Å². The van der Waals surface area contributed by atoms with Crippen LogP contribution in [0, 0.1) is 0 Å².